The number of hydrogen-bond acceptors (Lipinski definition) is 3. The summed E-state index contributed by atoms with van der Waals surface area (Å²) in [6.07, 6.45) is 0. The summed E-state index contributed by atoms with van der Waals surface area (Å²) in [6.45, 7) is 5.70. The lowest BCUT2D eigenvalue weighted by molar-refractivity contribution is -0.169. The molecule has 2 unspecified atom stereocenters. The van der Waals surface area contributed by atoms with E-state index in [1.54, 1.807) is 6.92 Å². The number of rotatable bonds is 2. The highest BCUT2D eigenvalue weighted by atomic mass is 16.5. The van der Waals surface area contributed by atoms with Gasteiger partial charge in [-0.25, -0.2) is 5.06 Å². The van der Waals surface area contributed by atoms with Crippen molar-refractivity contribution in [3.8, 4) is 0 Å². The Bertz CT molecular complexity index is 172. The van der Waals surface area contributed by atoms with E-state index in [9.17, 15) is 4.79 Å². The van der Waals surface area contributed by atoms with Crippen LogP contribution >= 0.6 is 0 Å². The normalized spacial score (nSPS) is 28.9. The average molecular weight is 172 g/mol. The number of nitrogens with zero attached hydrogens (tertiary/aromatic N) is 1. The molecule has 70 valence electrons. The van der Waals surface area contributed by atoms with Crippen molar-refractivity contribution in [3.05, 3.63) is 0 Å². The van der Waals surface area contributed by atoms with Gasteiger partial charge in [0.15, 0.2) is 0 Å². The van der Waals surface area contributed by atoms with E-state index in [0.29, 0.717) is 19.0 Å². The van der Waals surface area contributed by atoms with Crippen LogP contribution in [0.25, 0.3) is 0 Å². The van der Waals surface area contributed by atoms with Crippen LogP contribution in [0.3, 0.4) is 0 Å². The van der Waals surface area contributed by atoms with Gasteiger partial charge in [-0.15, -0.1) is 0 Å². The minimum Gasteiger partial charge on any atom is -0.316 e. The first-order chi connectivity index (χ1) is 5.66. The van der Waals surface area contributed by atoms with Crippen LogP contribution in [0.2, 0.25) is 0 Å². The third-order valence-corrected chi connectivity index (χ3v) is 2.39. The Morgan fingerprint density at radius 3 is 2.75 bits per heavy atom. The summed E-state index contributed by atoms with van der Waals surface area (Å²) >= 11 is 0. The van der Waals surface area contributed by atoms with E-state index in [1.807, 2.05) is 6.92 Å². The molecule has 4 heteroatoms. The molecule has 0 aromatic carbocycles. The molecule has 1 amide bonds. The van der Waals surface area contributed by atoms with Gasteiger partial charge >= 0.3 is 0 Å². The topological polar surface area (TPSA) is 52.6 Å². The zero-order valence-electron chi connectivity index (χ0n) is 7.58. The fourth-order valence-corrected chi connectivity index (χ4v) is 1.49. The summed E-state index contributed by atoms with van der Waals surface area (Å²) in [6, 6.07) is 0. The summed E-state index contributed by atoms with van der Waals surface area (Å²) in [7, 11) is 0. The van der Waals surface area contributed by atoms with Crippen molar-refractivity contribution >= 4 is 5.91 Å². The molecule has 1 saturated heterocycles. The van der Waals surface area contributed by atoms with Gasteiger partial charge in [-0.1, -0.05) is 6.92 Å². The molecule has 1 fully saturated rings. The molecule has 1 aliphatic rings. The fourth-order valence-electron chi connectivity index (χ4n) is 1.49. The van der Waals surface area contributed by atoms with Crippen LogP contribution in [0, 0.1) is 11.8 Å². The number of nitrogens with one attached hydrogen (secondary N) is 1. The van der Waals surface area contributed by atoms with Crippen molar-refractivity contribution in [2.24, 2.45) is 11.8 Å². The second-order valence-corrected chi connectivity index (χ2v) is 3.30. The molecule has 1 heterocycles. The zero-order valence-corrected chi connectivity index (χ0v) is 7.58. The van der Waals surface area contributed by atoms with Gasteiger partial charge in [0.25, 0.3) is 5.91 Å². The maximum absolute atomic E-state index is 11.4. The molecule has 2 N–H and O–H groups in total. The summed E-state index contributed by atoms with van der Waals surface area (Å²) in [5.74, 6) is 0.128. The second kappa shape index (κ2) is 3.87. The Morgan fingerprint density at radius 2 is 2.33 bits per heavy atom. The molecule has 0 aromatic rings. The first kappa shape index (κ1) is 9.48. The molecular formula is C8H16N2O2. The molecular weight excluding hydrogens is 156 g/mol. The average Bonchev–Trinajstić information content (AvgIpc) is 2.48. The Labute approximate surface area is 72.5 Å². The van der Waals surface area contributed by atoms with Crippen molar-refractivity contribution in [3.63, 3.8) is 0 Å². The molecule has 0 saturated carbocycles. The lowest BCUT2D eigenvalue weighted by atomic mass is 9.97. The van der Waals surface area contributed by atoms with Gasteiger partial charge in [0.1, 0.15) is 0 Å². The minimum absolute atomic E-state index is 0.0463. The third-order valence-electron chi connectivity index (χ3n) is 2.39. The second-order valence-electron chi connectivity index (χ2n) is 3.30. The van der Waals surface area contributed by atoms with Crippen LogP contribution in [0.5, 0.6) is 0 Å². The maximum atomic E-state index is 11.4. The van der Waals surface area contributed by atoms with Crippen LogP contribution in [-0.4, -0.2) is 35.8 Å². The quantitative estimate of drug-likeness (QED) is 0.458. The summed E-state index contributed by atoms with van der Waals surface area (Å²) in [5, 5.41) is 13.1. The fraction of sp³-hybridized carbons (Fsp3) is 0.875. The number of carbonyl (C=O) groups excluding carboxylic acids is 1. The van der Waals surface area contributed by atoms with E-state index in [-0.39, 0.29) is 11.8 Å². The minimum atomic E-state index is -0.157. The molecule has 0 radical (unpaired) electrons. The number of amides is 1. The molecule has 0 aromatic heterocycles. The van der Waals surface area contributed by atoms with E-state index in [1.165, 1.54) is 0 Å². The van der Waals surface area contributed by atoms with E-state index < -0.39 is 0 Å². The van der Waals surface area contributed by atoms with Crippen molar-refractivity contribution in [2.45, 2.75) is 13.8 Å². The highest BCUT2D eigenvalue weighted by molar-refractivity contribution is 5.78. The van der Waals surface area contributed by atoms with Crippen LogP contribution in [0.1, 0.15) is 13.8 Å². The molecule has 0 aliphatic carbocycles. The lowest BCUT2D eigenvalue weighted by Gasteiger charge is -2.19. The molecule has 2 atom stereocenters. The van der Waals surface area contributed by atoms with Crippen molar-refractivity contribution < 1.29 is 10.0 Å². The van der Waals surface area contributed by atoms with Gasteiger partial charge < -0.3 is 5.32 Å². The van der Waals surface area contributed by atoms with Gasteiger partial charge in [0.05, 0.1) is 5.92 Å². The highest BCUT2D eigenvalue weighted by Gasteiger charge is 2.31. The number of carbonyl (C=O) groups is 1. The van der Waals surface area contributed by atoms with E-state index in [0.717, 1.165) is 11.6 Å². The van der Waals surface area contributed by atoms with Crippen LogP contribution in [-0.2, 0) is 4.79 Å². The number of hydrogen-bond donors (Lipinski definition) is 2. The van der Waals surface area contributed by atoms with Crippen molar-refractivity contribution in [1.82, 2.24) is 10.4 Å². The Balaban J connectivity index is 2.51. The maximum Gasteiger partial charge on any atom is 0.250 e. The van der Waals surface area contributed by atoms with Gasteiger partial charge in [0.2, 0.25) is 0 Å². The molecule has 12 heavy (non-hydrogen) atoms. The van der Waals surface area contributed by atoms with E-state index in [2.05, 4.69) is 5.32 Å². The summed E-state index contributed by atoms with van der Waals surface area (Å²) < 4.78 is 0. The SMILES string of the molecule is CCN(O)C(=O)C1CNCC1C. The summed E-state index contributed by atoms with van der Waals surface area (Å²) in [5.41, 5.74) is 0. The third kappa shape index (κ3) is 1.76. The number of hydroxylamine groups is 2. The zero-order chi connectivity index (χ0) is 9.14. The van der Waals surface area contributed by atoms with Gasteiger partial charge in [-0.05, 0) is 19.4 Å². The monoisotopic (exact) mass is 172 g/mol. The molecule has 0 spiro atoms. The highest BCUT2D eigenvalue weighted by Crippen LogP contribution is 2.17. The summed E-state index contributed by atoms with van der Waals surface area (Å²) in [4.78, 5) is 11.4. The Hall–Kier alpha value is -0.610. The van der Waals surface area contributed by atoms with Crippen LogP contribution in [0.4, 0.5) is 0 Å². The molecule has 0 bridgehead atoms. The van der Waals surface area contributed by atoms with Crippen LogP contribution < -0.4 is 5.32 Å². The Kier molecular flexibility index (Phi) is 3.05. The first-order valence-electron chi connectivity index (χ1n) is 4.37. The van der Waals surface area contributed by atoms with Crippen molar-refractivity contribution in [2.75, 3.05) is 19.6 Å². The Morgan fingerprint density at radius 1 is 1.67 bits per heavy atom. The smallest absolute Gasteiger partial charge is 0.250 e. The van der Waals surface area contributed by atoms with Gasteiger partial charge in [-0.2, -0.15) is 0 Å². The predicted octanol–water partition coefficient (Wildman–Crippen LogP) is 0.0796. The van der Waals surface area contributed by atoms with E-state index >= 15 is 0 Å². The first-order valence-corrected chi connectivity index (χ1v) is 4.37. The predicted molar refractivity (Wildman–Crippen MR) is 44.7 cm³/mol. The van der Waals surface area contributed by atoms with Gasteiger partial charge in [-0.3, -0.25) is 10.0 Å². The molecule has 1 aliphatic heterocycles. The van der Waals surface area contributed by atoms with E-state index in [4.69, 9.17) is 5.21 Å². The molecule has 4 nitrogen and oxygen atoms in total. The molecule has 1 rings (SSSR count). The lowest BCUT2D eigenvalue weighted by Crippen LogP contribution is -2.36. The van der Waals surface area contributed by atoms with Crippen LogP contribution in [0.15, 0.2) is 0 Å². The largest absolute Gasteiger partial charge is 0.316 e. The van der Waals surface area contributed by atoms with Crippen molar-refractivity contribution in [1.29, 1.82) is 0 Å². The standard InChI is InChI=1S/C8H16N2O2/c1-3-10(12)8(11)7-5-9-4-6(7)2/h6-7,9,12H,3-5H2,1-2H3. The van der Waals surface area contributed by atoms with Gasteiger partial charge in [0, 0.05) is 13.1 Å².